The SMILES string of the molecule is C/C=C(C=C=C(Cl)/C(=C\CC)CCl)/C=C1/C(=O)C(=C=Cc2cc(C)c(C)c(CC)c2)C2CC1N2C=O. The van der Waals surface area contributed by atoms with Gasteiger partial charge in [-0.2, -0.15) is 0 Å². The van der Waals surface area contributed by atoms with Crippen LogP contribution in [0.2, 0.25) is 0 Å². The highest BCUT2D eigenvalue weighted by molar-refractivity contribution is 6.33. The Morgan fingerprint density at radius 3 is 2.58 bits per heavy atom. The number of benzene rings is 1. The van der Waals surface area contributed by atoms with E-state index >= 15 is 0 Å². The molecule has 2 saturated heterocycles. The molecule has 3 fully saturated rings. The second-order valence-corrected chi connectivity index (χ2v) is 9.73. The highest BCUT2D eigenvalue weighted by Gasteiger charge is 2.51. The Morgan fingerprint density at radius 1 is 1.22 bits per heavy atom. The molecule has 1 aliphatic carbocycles. The zero-order valence-corrected chi connectivity index (χ0v) is 23.1. The van der Waals surface area contributed by atoms with Crippen LogP contribution < -0.4 is 0 Å². The third-order valence-corrected chi connectivity index (χ3v) is 7.60. The zero-order chi connectivity index (χ0) is 26.4. The molecular weight excluding hydrogens is 489 g/mol. The Hall–Kier alpha value is -2.80. The fourth-order valence-corrected chi connectivity index (χ4v) is 5.18. The normalized spacial score (nSPS) is 20.5. The molecule has 1 saturated carbocycles. The fourth-order valence-electron chi connectivity index (χ4n) is 4.67. The number of Topliss-reactive ketones (excluding diaryl/α,β-unsaturated/α-hetero) is 1. The van der Waals surface area contributed by atoms with E-state index in [2.05, 4.69) is 44.4 Å². The molecule has 1 aromatic rings. The number of rotatable bonds is 8. The molecule has 2 bridgehead atoms. The molecule has 3 nitrogen and oxygen atoms in total. The lowest BCUT2D eigenvalue weighted by Crippen LogP contribution is -2.62. The van der Waals surface area contributed by atoms with Crippen molar-refractivity contribution in [2.24, 2.45) is 0 Å². The lowest BCUT2D eigenvalue weighted by molar-refractivity contribution is -0.131. The average molecular weight is 523 g/mol. The number of halogens is 2. The Balaban J connectivity index is 2.02. The van der Waals surface area contributed by atoms with Crippen molar-refractivity contribution in [3.63, 3.8) is 0 Å². The van der Waals surface area contributed by atoms with Gasteiger partial charge in [-0.15, -0.1) is 17.3 Å². The van der Waals surface area contributed by atoms with Crippen molar-refractivity contribution in [2.45, 2.75) is 66.0 Å². The highest BCUT2D eigenvalue weighted by Crippen LogP contribution is 2.42. The van der Waals surface area contributed by atoms with Crippen LogP contribution in [0.4, 0.5) is 0 Å². The summed E-state index contributed by atoms with van der Waals surface area (Å²) >= 11 is 12.4. The third kappa shape index (κ3) is 5.77. The maximum Gasteiger partial charge on any atom is 0.210 e. The second-order valence-electron chi connectivity index (χ2n) is 9.09. The van der Waals surface area contributed by atoms with Crippen molar-refractivity contribution in [1.82, 2.24) is 4.90 Å². The molecule has 36 heavy (non-hydrogen) atoms. The summed E-state index contributed by atoms with van der Waals surface area (Å²) in [6.45, 7) is 10.3. The van der Waals surface area contributed by atoms with Gasteiger partial charge < -0.3 is 4.90 Å². The van der Waals surface area contributed by atoms with Gasteiger partial charge in [0.15, 0.2) is 5.78 Å². The number of carbonyl (C=O) groups is 2. The van der Waals surface area contributed by atoms with Crippen LogP contribution in [-0.4, -0.2) is 35.1 Å². The van der Waals surface area contributed by atoms with Gasteiger partial charge in [0.2, 0.25) is 6.41 Å². The van der Waals surface area contributed by atoms with E-state index in [-0.39, 0.29) is 17.9 Å². The Bertz CT molecular complexity index is 1280. The standard InChI is InChI=1S/C31H33Cl2NO2/c1-6-9-25(18-32)28(33)13-11-22(7-2)16-27-30-17-29(34(30)19-35)26(31(27)36)12-10-23-14-20(4)21(5)24(8-3)15-23/h7,9-11,14-16,19,29-30H,6,8,17-18H2,1-5H3/b22-7+,25-9-,27-16+. The van der Waals surface area contributed by atoms with Gasteiger partial charge in [-0.05, 0) is 91.7 Å². The van der Waals surface area contributed by atoms with Gasteiger partial charge in [0.1, 0.15) is 0 Å². The molecule has 0 radical (unpaired) electrons. The Labute approximate surface area is 224 Å². The minimum Gasteiger partial charge on any atom is -0.330 e. The summed E-state index contributed by atoms with van der Waals surface area (Å²) in [5, 5.41) is 0.446. The first-order chi connectivity index (χ1) is 17.3. The predicted molar refractivity (Wildman–Crippen MR) is 150 cm³/mol. The summed E-state index contributed by atoms with van der Waals surface area (Å²) in [4.78, 5) is 27.0. The maximum absolute atomic E-state index is 13.5. The van der Waals surface area contributed by atoms with Gasteiger partial charge in [-0.1, -0.05) is 55.5 Å². The molecule has 188 valence electrons. The number of piperidine rings is 1. The van der Waals surface area contributed by atoms with Crippen molar-refractivity contribution in [3.05, 3.63) is 97.5 Å². The molecule has 4 rings (SSSR count). The summed E-state index contributed by atoms with van der Waals surface area (Å²) in [5.74, 6) is 0.233. The molecule has 0 spiro atoms. The molecule has 1 amide bonds. The van der Waals surface area contributed by atoms with Gasteiger partial charge in [0, 0.05) is 11.5 Å². The van der Waals surface area contributed by atoms with Crippen LogP contribution in [-0.2, 0) is 16.0 Å². The first kappa shape index (κ1) is 27.8. The topological polar surface area (TPSA) is 37.4 Å². The van der Waals surface area contributed by atoms with E-state index in [0.717, 1.165) is 36.0 Å². The van der Waals surface area contributed by atoms with Crippen molar-refractivity contribution < 1.29 is 9.59 Å². The van der Waals surface area contributed by atoms with Crippen LogP contribution in [0.3, 0.4) is 0 Å². The van der Waals surface area contributed by atoms with E-state index in [4.69, 9.17) is 23.2 Å². The van der Waals surface area contributed by atoms with Crippen molar-refractivity contribution in [3.8, 4) is 0 Å². The van der Waals surface area contributed by atoms with Crippen LogP contribution >= 0.6 is 23.2 Å². The largest absolute Gasteiger partial charge is 0.330 e. The maximum atomic E-state index is 13.5. The molecule has 0 N–H and O–H groups in total. The summed E-state index contributed by atoms with van der Waals surface area (Å²) in [5.41, 5.74) is 13.8. The monoisotopic (exact) mass is 521 g/mol. The number of fused-ring (bicyclic) bond motifs is 2. The van der Waals surface area contributed by atoms with Crippen LogP contribution in [0.1, 0.15) is 55.9 Å². The van der Waals surface area contributed by atoms with Crippen LogP contribution in [0.5, 0.6) is 0 Å². The van der Waals surface area contributed by atoms with Gasteiger partial charge >= 0.3 is 0 Å². The lowest BCUT2D eigenvalue weighted by atomic mass is 9.72. The van der Waals surface area contributed by atoms with Gasteiger partial charge in [-0.3, -0.25) is 9.59 Å². The number of amides is 1. The molecule has 2 heterocycles. The number of ketones is 1. The van der Waals surface area contributed by atoms with Gasteiger partial charge in [0.05, 0.1) is 22.7 Å². The average Bonchev–Trinajstić information content (AvgIpc) is 2.86. The van der Waals surface area contributed by atoms with Crippen molar-refractivity contribution in [2.75, 3.05) is 5.88 Å². The number of aryl methyl sites for hydroxylation is 2. The van der Waals surface area contributed by atoms with E-state index in [9.17, 15) is 9.59 Å². The number of carbonyl (C=O) groups excluding carboxylic acids is 2. The van der Waals surface area contributed by atoms with Crippen LogP contribution in [0, 0.1) is 13.8 Å². The first-order valence-corrected chi connectivity index (χ1v) is 13.3. The number of allylic oxidation sites excluding steroid dienone is 6. The van der Waals surface area contributed by atoms with E-state index in [0.29, 0.717) is 28.5 Å². The molecule has 2 atom stereocenters. The molecule has 1 aromatic carbocycles. The lowest BCUT2D eigenvalue weighted by Gasteiger charge is -2.51. The van der Waals surface area contributed by atoms with Gasteiger partial charge in [0.25, 0.3) is 0 Å². The van der Waals surface area contributed by atoms with E-state index in [1.165, 1.54) is 16.7 Å². The molecule has 2 aliphatic heterocycles. The number of hydrogen-bond donors (Lipinski definition) is 0. The minimum atomic E-state index is -0.227. The molecular formula is C31H33Cl2NO2. The predicted octanol–water partition coefficient (Wildman–Crippen LogP) is 7.31. The van der Waals surface area contributed by atoms with Crippen LogP contribution in [0.25, 0.3) is 6.08 Å². The van der Waals surface area contributed by atoms with Crippen LogP contribution in [0.15, 0.2) is 75.2 Å². The minimum absolute atomic E-state index is 0.0692. The third-order valence-electron chi connectivity index (χ3n) is 6.96. The van der Waals surface area contributed by atoms with E-state index in [1.54, 1.807) is 11.0 Å². The van der Waals surface area contributed by atoms with Crippen molar-refractivity contribution in [1.29, 1.82) is 0 Å². The molecule has 2 unspecified atom stereocenters. The quantitative estimate of drug-likeness (QED) is 0.118. The summed E-state index contributed by atoms with van der Waals surface area (Å²) in [6, 6.07) is 3.80. The van der Waals surface area contributed by atoms with Crippen molar-refractivity contribution >= 4 is 41.5 Å². The molecule has 3 aliphatic rings. The Kier molecular flexibility index (Phi) is 9.60. The molecule has 0 aromatic heterocycles. The number of alkyl halides is 1. The highest BCUT2D eigenvalue weighted by atomic mass is 35.5. The summed E-state index contributed by atoms with van der Waals surface area (Å²) in [6.07, 6.45) is 12.6. The fraction of sp³-hybridized carbons (Fsp3) is 0.355. The summed E-state index contributed by atoms with van der Waals surface area (Å²) < 4.78 is 0. The summed E-state index contributed by atoms with van der Waals surface area (Å²) in [7, 11) is 0. The zero-order valence-electron chi connectivity index (χ0n) is 21.6. The number of nitrogens with zero attached hydrogens (tertiary/aromatic N) is 1. The second kappa shape index (κ2) is 12.4. The first-order valence-electron chi connectivity index (χ1n) is 12.4. The van der Waals surface area contributed by atoms with E-state index in [1.807, 2.05) is 38.2 Å². The van der Waals surface area contributed by atoms with E-state index < -0.39 is 0 Å². The molecule has 5 heteroatoms. The van der Waals surface area contributed by atoms with Gasteiger partial charge in [-0.25, -0.2) is 0 Å². The smallest absolute Gasteiger partial charge is 0.210 e. The Morgan fingerprint density at radius 2 is 1.97 bits per heavy atom. The number of hydrogen-bond acceptors (Lipinski definition) is 2.